The van der Waals surface area contributed by atoms with E-state index in [1.54, 1.807) is 0 Å². The Balaban J connectivity index is 0.000000215. The van der Waals surface area contributed by atoms with Gasteiger partial charge < -0.3 is 4.42 Å². The molecule has 1 heteroatoms. The highest BCUT2D eigenvalue weighted by molar-refractivity contribution is 5.91. The Morgan fingerprint density at radius 2 is 1.27 bits per heavy atom. The quantitative estimate of drug-likeness (QED) is 0.147. The van der Waals surface area contributed by atoms with Crippen molar-refractivity contribution in [3.63, 3.8) is 0 Å². The molecular formula is C59H70O. The van der Waals surface area contributed by atoms with Gasteiger partial charge in [-0.25, -0.2) is 0 Å². The molecule has 0 N–H and O–H groups in total. The second-order valence-corrected chi connectivity index (χ2v) is 16.1. The number of allylic oxidation sites excluding steroid dienone is 5. The Bertz CT molecular complexity index is 2460. The van der Waals surface area contributed by atoms with E-state index >= 15 is 0 Å². The third kappa shape index (κ3) is 12.5. The van der Waals surface area contributed by atoms with Crippen LogP contribution in [-0.2, 0) is 5.41 Å². The molecule has 7 rings (SSSR count). The monoisotopic (exact) mass is 795 g/mol. The Labute approximate surface area is 363 Å². The average Bonchev–Trinajstić information content (AvgIpc) is 3.68. The highest BCUT2D eigenvalue weighted by atomic mass is 16.3. The molecule has 0 fully saturated rings. The van der Waals surface area contributed by atoms with Crippen LogP contribution in [0.15, 0.2) is 163 Å². The zero-order valence-corrected chi connectivity index (χ0v) is 38.6. The summed E-state index contributed by atoms with van der Waals surface area (Å²) in [7, 11) is 0. The van der Waals surface area contributed by atoms with E-state index in [1.807, 2.05) is 72.8 Å². The van der Waals surface area contributed by atoms with Crippen molar-refractivity contribution in [2.24, 2.45) is 5.92 Å². The number of rotatable bonds is 7. The zero-order chi connectivity index (χ0) is 44.4. The highest BCUT2D eigenvalue weighted by Gasteiger charge is 2.37. The number of benzene rings is 5. The van der Waals surface area contributed by atoms with Gasteiger partial charge in [-0.1, -0.05) is 224 Å². The largest absolute Gasteiger partial charge is 0.457 e. The lowest BCUT2D eigenvalue weighted by Gasteiger charge is -2.23. The van der Waals surface area contributed by atoms with Crippen LogP contribution in [0.25, 0.3) is 46.4 Å². The van der Waals surface area contributed by atoms with Crippen molar-refractivity contribution >= 4 is 35.3 Å². The van der Waals surface area contributed by atoms with Crippen LogP contribution >= 0.6 is 0 Å². The molecule has 6 aromatic rings. The molecule has 1 aliphatic carbocycles. The maximum absolute atomic E-state index is 5.60. The van der Waals surface area contributed by atoms with Crippen LogP contribution in [0.1, 0.15) is 106 Å². The molecule has 0 amide bonds. The summed E-state index contributed by atoms with van der Waals surface area (Å²) in [5.41, 5.74) is 17.5. The Morgan fingerprint density at radius 3 is 1.73 bits per heavy atom. The Morgan fingerprint density at radius 1 is 0.700 bits per heavy atom. The van der Waals surface area contributed by atoms with Gasteiger partial charge in [-0.15, -0.1) is 0 Å². The van der Waals surface area contributed by atoms with Gasteiger partial charge in [-0.3, -0.25) is 0 Å². The number of hydrogen-bond donors (Lipinski definition) is 0. The fourth-order valence-corrected chi connectivity index (χ4v) is 7.53. The fourth-order valence-electron chi connectivity index (χ4n) is 7.53. The van der Waals surface area contributed by atoms with E-state index in [-0.39, 0.29) is 5.41 Å². The molecule has 5 aromatic carbocycles. The van der Waals surface area contributed by atoms with Gasteiger partial charge in [0.25, 0.3) is 0 Å². The van der Waals surface area contributed by atoms with Gasteiger partial charge in [-0.2, -0.15) is 0 Å². The third-order valence-electron chi connectivity index (χ3n) is 10.8. The summed E-state index contributed by atoms with van der Waals surface area (Å²) in [4.78, 5) is 0. The van der Waals surface area contributed by atoms with Crippen LogP contribution in [0.2, 0.25) is 0 Å². The Hall–Kier alpha value is -5.92. The molecule has 0 radical (unpaired) electrons. The standard InChI is InChI=1S/C21H22.C14H14O.C10H18.2C7H8/c1-7-15-14(4)12-19-20(16(15)8-2)17-10-9-13(3)11-18(17)21(19,5)6;1-4-11(5-2)14-10(3)15-13-9-7-6-8-12(13)14;1-5-7-10(8-6-2)9(3)4;2*1-7-5-3-2-4-6-7/h7-12H,1-2H2,3-6H3;4,6-9H,1,3,5H2,2H3;5,7-9H,6H2,1-4H3;2*2-6H,1H3/b;14-11-;7-5-,10-8+;;. The van der Waals surface area contributed by atoms with Crippen molar-refractivity contribution in [3.05, 3.63) is 214 Å². The first kappa shape index (κ1) is 48.4. The number of hydrogen-bond acceptors (Lipinski definition) is 1. The second kappa shape index (κ2) is 23.6. The maximum Gasteiger partial charge on any atom is 0.135 e. The normalized spacial score (nSPS) is 12.6. The van der Waals surface area contributed by atoms with Crippen LogP contribution in [0.5, 0.6) is 0 Å². The summed E-state index contributed by atoms with van der Waals surface area (Å²) in [6.07, 6.45) is 14.5. The molecule has 1 heterocycles. The van der Waals surface area contributed by atoms with E-state index in [0.29, 0.717) is 5.92 Å². The van der Waals surface area contributed by atoms with Gasteiger partial charge >= 0.3 is 0 Å². The molecule has 0 aliphatic heterocycles. The van der Waals surface area contributed by atoms with Crippen LogP contribution in [-0.4, -0.2) is 0 Å². The van der Waals surface area contributed by atoms with Crippen LogP contribution in [0.4, 0.5) is 0 Å². The van der Waals surface area contributed by atoms with Crippen molar-refractivity contribution in [2.45, 2.75) is 94.4 Å². The van der Waals surface area contributed by atoms with Gasteiger partial charge in [0.1, 0.15) is 11.0 Å². The molecule has 1 aromatic heterocycles. The third-order valence-corrected chi connectivity index (χ3v) is 10.8. The molecule has 1 nitrogen and oxygen atoms in total. The van der Waals surface area contributed by atoms with E-state index in [1.165, 1.54) is 66.8 Å². The van der Waals surface area contributed by atoms with Gasteiger partial charge in [0.2, 0.25) is 0 Å². The van der Waals surface area contributed by atoms with Crippen molar-refractivity contribution in [3.8, 4) is 11.1 Å². The summed E-state index contributed by atoms with van der Waals surface area (Å²) in [5.74, 6) is 0.663. The molecule has 0 bridgehead atoms. The van der Waals surface area contributed by atoms with Crippen LogP contribution < -0.4 is 10.6 Å². The molecule has 0 saturated heterocycles. The first-order valence-electron chi connectivity index (χ1n) is 21.4. The van der Waals surface area contributed by atoms with Crippen molar-refractivity contribution < 1.29 is 4.42 Å². The summed E-state index contributed by atoms with van der Waals surface area (Å²) < 4.78 is 5.60. The van der Waals surface area contributed by atoms with Gasteiger partial charge in [0.05, 0.1) is 0 Å². The molecule has 0 unspecified atom stereocenters. The van der Waals surface area contributed by atoms with E-state index in [0.717, 1.165) is 34.4 Å². The SMILES string of the molecule is C/C=C\C(=C/CC)C(C)C.C=C/C(CC)=c1\c(=C)oc2ccccc12.C=Cc1c(C)cc2c(c1C=C)-c1ccc(C)cc1C2(C)C.Cc1ccccc1.Cc1ccccc1. The highest BCUT2D eigenvalue weighted by Crippen LogP contribution is 2.51. The lowest BCUT2D eigenvalue weighted by molar-refractivity contribution is 0.577. The number of fused-ring (bicyclic) bond motifs is 4. The van der Waals surface area contributed by atoms with Crippen LogP contribution in [0.3, 0.4) is 0 Å². The summed E-state index contributed by atoms with van der Waals surface area (Å²) in [5, 5.41) is 2.22. The lowest BCUT2D eigenvalue weighted by Crippen LogP contribution is -2.20. The minimum absolute atomic E-state index is 0.0406. The predicted octanol–water partition coefficient (Wildman–Crippen LogP) is 16.0. The predicted molar refractivity (Wildman–Crippen MR) is 269 cm³/mol. The topological polar surface area (TPSA) is 13.1 Å². The summed E-state index contributed by atoms with van der Waals surface area (Å²) in [6.45, 7) is 39.7. The maximum atomic E-state index is 5.60. The molecule has 0 atom stereocenters. The molecule has 0 saturated carbocycles. The first-order valence-corrected chi connectivity index (χ1v) is 21.4. The number of para-hydroxylation sites is 1. The number of aryl methyl sites for hydroxylation is 4. The fraction of sp³-hybridized carbons (Fsp3) is 0.254. The first-order chi connectivity index (χ1) is 28.7. The minimum atomic E-state index is 0.0406. The van der Waals surface area contributed by atoms with E-state index in [9.17, 15) is 0 Å². The smallest absolute Gasteiger partial charge is 0.135 e. The molecule has 0 spiro atoms. The van der Waals surface area contributed by atoms with E-state index < -0.39 is 0 Å². The van der Waals surface area contributed by atoms with Crippen molar-refractivity contribution in [1.82, 2.24) is 0 Å². The lowest BCUT2D eigenvalue weighted by atomic mass is 9.80. The summed E-state index contributed by atoms with van der Waals surface area (Å²) >= 11 is 0. The molecule has 60 heavy (non-hydrogen) atoms. The summed E-state index contributed by atoms with van der Waals surface area (Å²) in [6, 6.07) is 37.6. The minimum Gasteiger partial charge on any atom is -0.457 e. The molecule has 1 aliphatic rings. The second-order valence-electron chi connectivity index (χ2n) is 16.1. The molecule has 312 valence electrons. The van der Waals surface area contributed by atoms with Gasteiger partial charge in [0.15, 0.2) is 0 Å². The zero-order valence-electron chi connectivity index (χ0n) is 38.6. The van der Waals surface area contributed by atoms with E-state index in [2.05, 4.69) is 175 Å². The van der Waals surface area contributed by atoms with Crippen molar-refractivity contribution in [2.75, 3.05) is 0 Å². The van der Waals surface area contributed by atoms with Gasteiger partial charge in [-0.05, 0) is 110 Å². The van der Waals surface area contributed by atoms with Crippen molar-refractivity contribution in [1.29, 1.82) is 0 Å². The van der Waals surface area contributed by atoms with Crippen LogP contribution in [0, 0.1) is 33.6 Å². The van der Waals surface area contributed by atoms with E-state index in [4.69, 9.17) is 4.42 Å². The number of furan rings is 1. The van der Waals surface area contributed by atoms with Gasteiger partial charge in [0, 0.05) is 16.0 Å². The average molecular weight is 795 g/mol. The molecular weight excluding hydrogens is 725 g/mol. The Kier molecular flexibility index (Phi) is 19.1.